The number of methoxy groups -OCH3 is 1. The number of aldehydes is 1. The number of carbonyl (C=O) groups excluding carboxylic acids is 1. The van der Waals surface area contributed by atoms with Gasteiger partial charge in [-0.2, -0.15) is 0 Å². The second-order valence-electron chi connectivity index (χ2n) is 19.5. The van der Waals surface area contributed by atoms with Crippen molar-refractivity contribution >= 4 is 31.2 Å². The van der Waals surface area contributed by atoms with Gasteiger partial charge in [0.1, 0.15) is 17.6 Å². The van der Waals surface area contributed by atoms with Gasteiger partial charge in [-0.25, -0.2) is 0 Å². The van der Waals surface area contributed by atoms with Crippen molar-refractivity contribution in [3.63, 3.8) is 0 Å². The van der Waals surface area contributed by atoms with E-state index in [9.17, 15) is 9.90 Å². The highest BCUT2D eigenvalue weighted by atomic mass is 28.4. The minimum atomic E-state index is -2.41. The summed E-state index contributed by atoms with van der Waals surface area (Å²) in [7, 11) is -5.18. The Morgan fingerprint density at radius 1 is 0.820 bits per heavy atom. The molecule has 7 atom stereocenters. The van der Waals surface area contributed by atoms with E-state index in [1.165, 1.54) is 0 Å². The molecule has 0 bridgehead atoms. The molecule has 290 valence electrons. The minimum Gasteiger partial charge on any atom is -0.497 e. The third-order valence-electron chi connectivity index (χ3n) is 12.3. The number of benzene rings is 1. The van der Waals surface area contributed by atoms with Crippen LogP contribution in [-0.4, -0.2) is 87.2 Å². The Kier molecular flexibility index (Phi) is 15.1. The normalized spacial score (nSPS) is 22.4. The van der Waals surface area contributed by atoms with E-state index in [-0.39, 0.29) is 40.4 Å². The summed E-state index contributed by atoms with van der Waals surface area (Å²) in [5.74, 6) is -0.395. The molecule has 1 aliphatic rings. The maximum absolute atomic E-state index is 12.8. The van der Waals surface area contributed by atoms with Crippen LogP contribution >= 0.6 is 0 Å². The van der Waals surface area contributed by atoms with Crippen LogP contribution in [0.4, 0.5) is 0 Å². The van der Waals surface area contributed by atoms with Crippen molar-refractivity contribution in [2.75, 3.05) is 26.9 Å². The molecule has 0 amide bonds. The summed E-state index contributed by atoms with van der Waals surface area (Å²) in [5.41, 5.74) is 0.358. The number of rotatable bonds is 19. The minimum absolute atomic E-state index is 0.0294. The maximum atomic E-state index is 12.8. The Labute approximate surface area is 309 Å². The summed E-state index contributed by atoms with van der Waals surface area (Å²) in [5, 5.41) is 12.2. The highest BCUT2D eigenvalue weighted by molar-refractivity contribution is 6.75. The molecule has 1 aliphatic heterocycles. The van der Waals surface area contributed by atoms with Crippen LogP contribution in [0.3, 0.4) is 0 Å². The molecule has 0 radical (unpaired) electrons. The van der Waals surface area contributed by atoms with E-state index in [0.29, 0.717) is 13.2 Å². The third-order valence-corrected chi connectivity index (χ3v) is 25.8. The van der Waals surface area contributed by atoms with Crippen LogP contribution in [0, 0.1) is 17.8 Å². The summed E-state index contributed by atoms with van der Waals surface area (Å²) >= 11 is 0. The second kappa shape index (κ2) is 16.6. The van der Waals surface area contributed by atoms with Crippen LogP contribution in [0.25, 0.3) is 0 Å². The van der Waals surface area contributed by atoms with Crippen molar-refractivity contribution < 1.29 is 37.4 Å². The van der Waals surface area contributed by atoms with Crippen LogP contribution in [0.2, 0.25) is 54.4 Å². The number of ether oxygens (including phenoxy) is 3. The van der Waals surface area contributed by atoms with Crippen LogP contribution in [0.1, 0.15) is 81.7 Å². The lowest BCUT2D eigenvalue weighted by Gasteiger charge is -2.46. The summed E-state index contributed by atoms with van der Waals surface area (Å²) < 4.78 is 38.9. The molecule has 2 rings (SSSR count). The van der Waals surface area contributed by atoms with Crippen molar-refractivity contribution in [1.82, 2.24) is 0 Å². The Balaban J connectivity index is 2.49. The Morgan fingerprint density at radius 2 is 1.30 bits per heavy atom. The van der Waals surface area contributed by atoms with E-state index in [1.54, 1.807) is 7.11 Å². The Hall–Kier alpha value is -0.899. The van der Waals surface area contributed by atoms with Crippen molar-refractivity contribution in [3.8, 4) is 5.75 Å². The molecule has 0 aromatic heterocycles. The lowest BCUT2D eigenvalue weighted by molar-refractivity contribution is -0.121. The highest BCUT2D eigenvalue weighted by Gasteiger charge is 2.64. The zero-order chi connectivity index (χ0) is 38.7. The topological polar surface area (TPSA) is 96.0 Å². The molecular formula is C39H74O8Si3. The van der Waals surface area contributed by atoms with Gasteiger partial charge in [0.05, 0.1) is 44.6 Å². The van der Waals surface area contributed by atoms with E-state index in [0.717, 1.165) is 17.6 Å². The van der Waals surface area contributed by atoms with Gasteiger partial charge in [0.15, 0.2) is 25.0 Å². The first kappa shape index (κ1) is 45.3. The molecule has 50 heavy (non-hydrogen) atoms. The molecule has 1 heterocycles. The number of epoxide rings is 1. The highest BCUT2D eigenvalue weighted by Crippen LogP contribution is 2.51. The molecule has 1 aromatic carbocycles. The second-order valence-corrected chi connectivity index (χ2v) is 33.8. The first-order valence-electron chi connectivity index (χ1n) is 18.5. The van der Waals surface area contributed by atoms with Crippen LogP contribution in [0.5, 0.6) is 5.75 Å². The van der Waals surface area contributed by atoms with Gasteiger partial charge in [-0.05, 0) is 79.0 Å². The first-order valence-corrected chi connectivity index (χ1v) is 27.2. The fourth-order valence-electron chi connectivity index (χ4n) is 5.39. The van der Waals surface area contributed by atoms with Crippen LogP contribution in [-0.2, 0) is 34.2 Å². The average Bonchev–Trinajstić information content (AvgIpc) is 3.67. The molecule has 11 heteroatoms. The summed E-state index contributed by atoms with van der Waals surface area (Å²) in [6.45, 7) is 38.7. The van der Waals surface area contributed by atoms with Crippen LogP contribution in [0.15, 0.2) is 24.3 Å². The van der Waals surface area contributed by atoms with Gasteiger partial charge in [0.2, 0.25) is 0 Å². The van der Waals surface area contributed by atoms with Crippen molar-refractivity contribution in [2.24, 2.45) is 17.8 Å². The smallest absolute Gasteiger partial charge is 0.192 e. The number of hydrogen-bond donors (Lipinski definition) is 1. The number of carbonyl (C=O) groups is 1. The molecule has 1 N–H and O–H groups in total. The summed E-state index contributed by atoms with van der Waals surface area (Å²) in [6.07, 6.45) is -0.870. The van der Waals surface area contributed by atoms with Crippen molar-refractivity contribution in [2.45, 2.75) is 161 Å². The van der Waals surface area contributed by atoms with Gasteiger partial charge in [-0.1, -0.05) is 81.4 Å². The molecular weight excluding hydrogens is 681 g/mol. The maximum Gasteiger partial charge on any atom is 0.192 e. The number of aliphatic hydroxyl groups excluding tert-OH is 1. The molecule has 8 nitrogen and oxygen atoms in total. The monoisotopic (exact) mass is 754 g/mol. The Morgan fingerprint density at radius 3 is 1.74 bits per heavy atom. The predicted molar refractivity (Wildman–Crippen MR) is 213 cm³/mol. The zero-order valence-electron chi connectivity index (χ0n) is 35.0. The standard InChI is InChI=1S/C39H74O8Si3/c1-28(24-43-25-29-19-21-31(42-12)22-20-29)34-39(11,46-34)35(47-50(17,18)38(8,9)10)32(27-45-49(15,16)37(5,6)7)33(41)30(23-40)26-44-48(13,14)36(2,3)4/h19-23,28,30,32-35,41H,24-27H2,1-18H3/t28-,30+,32-,33-,34+,35-,39-/m0/s1. The van der Waals surface area contributed by atoms with E-state index in [2.05, 4.69) is 115 Å². The molecule has 1 saturated heterocycles. The van der Waals surface area contributed by atoms with Gasteiger partial charge in [-0.15, -0.1) is 0 Å². The van der Waals surface area contributed by atoms with Gasteiger partial charge in [0.25, 0.3) is 0 Å². The van der Waals surface area contributed by atoms with E-state index < -0.39 is 54.6 Å². The lowest BCUT2D eigenvalue weighted by Crippen LogP contribution is -2.57. The fourth-order valence-corrected chi connectivity index (χ4v) is 8.87. The van der Waals surface area contributed by atoms with Crippen molar-refractivity contribution in [3.05, 3.63) is 29.8 Å². The predicted octanol–water partition coefficient (Wildman–Crippen LogP) is 9.23. The molecule has 1 fully saturated rings. The Bertz CT molecular complexity index is 1220. The van der Waals surface area contributed by atoms with Gasteiger partial charge in [-0.3, -0.25) is 0 Å². The largest absolute Gasteiger partial charge is 0.497 e. The fraction of sp³-hybridized carbons (Fsp3) is 0.821. The zero-order valence-corrected chi connectivity index (χ0v) is 38.0. The molecule has 0 aliphatic carbocycles. The SMILES string of the molecule is COc1ccc(COC[C@H](C)[C@H]2O[C@]2(C)[C@@H](O[Si](C)(C)C(C)(C)C)[C@@H](CO[Si](C)(C)C(C)(C)C)[C@@H](O)[C@H](C=O)CO[Si](C)(C)C(C)(C)C)cc1. The summed E-state index contributed by atoms with van der Waals surface area (Å²) in [6, 6.07) is 7.90. The van der Waals surface area contributed by atoms with E-state index >= 15 is 0 Å². The molecule has 0 saturated carbocycles. The molecule has 0 spiro atoms. The lowest BCUT2D eigenvalue weighted by atomic mass is 9.80. The van der Waals surface area contributed by atoms with Gasteiger partial charge < -0.3 is 37.4 Å². The molecule has 1 aromatic rings. The number of aliphatic hydroxyl groups is 1. The van der Waals surface area contributed by atoms with Gasteiger partial charge in [0, 0.05) is 25.0 Å². The van der Waals surface area contributed by atoms with E-state index in [1.807, 2.05) is 24.3 Å². The quantitative estimate of drug-likeness (QED) is 0.0849. The van der Waals surface area contributed by atoms with E-state index in [4.69, 9.17) is 27.5 Å². The van der Waals surface area contributed by atoms with Crippen molar-refractivity contribution in [1.29, 1.82) is 0 Å². The van der Waals surface area contributed by atoms with Crippen LogP contribution < -0.4 is 4.74 Å². The third kappa shape index (κ3) is 11.3. The average molecular weight is 755 g/mol. The summed E-state index contributed by atoms with van der Waals surface area (Å²) in [4.78, 5) is 12.8. The molecule has 0 unspecified atom stereocenters. The van der Waals surface area contributed by atoms with Gasteiger partial charge >= 0.3 is 0 Å². The number of hydrogen-bond acceptors (Lipinski definition) is 8. The first-order chi connectivity index (χ1) is 22.5.